The Balaban J connectivity index is 0.00000312. The SMILES string of the molecule is CCC1CCCCN1CCNC(=NC)NCc1ccnc(OC)c1.I. The van der Waals surface area contributed by atoms with Crippen LogP contribution in [0.15, 0.2) is 23.3 Å². The number of nitrogens with one attached hydrogen (secondary N) is 2. The predicted octanol–water partition coefficient (Wildman–Crippen LogP) is 2.64. The summed E-state index contributed by atoms with van der Waals surface area (Å²) in [5.74, 6) is 1.46. The van der Waals surface area contributed by atoms with Crippen LogP contribution in [-0.4, -0.2) is 55.7 Å². The minimum absolute atomic E-state index is 0. The zero-order valence-corrected chi connectivity index (χ0v) is 18.0. The van der Waals surface area contributed by atoms with Crippen LogP contribution in [0.3, 0.4) is 0 Å². The predicted molar refractivity (Wildman–Crippen MR) is 114 cm³/mol. The maximum atomic E-state index is 5.15. The van der Waals surface area contributed by atoms with Gasteiger partial charge in [-0.1, -0.05) is 13.3 Å². The van der Waals surface area contributed by atoms with E-state index in [1.54, 1.807) is 20.4 Å². The molecule has 1 aromatic rings. The fraction of sp³-hybridized carbons (Fsp3) is 0.667. The number of hydrogen-bond donors (Lipinski definition) is 2. The van der Waals surface area contributed by atoms with Gasteiger partial charge in [-0.05, 0) is 37.4 Å². The van der Waals surface area contributed by atoms with Gasteiger partial charge in [0, 0.05) is 45.0 Å². The van der Waals surface area contributed by atoms with Gasteiger partial charge in [-0.2, -0.15) is 0 Å². The first-order valence-electron chi connectivity index (χ1n) is 8.94. The molecular weight excluding hydrogens is 429 g/mol. The van der Waals surface area contributed by atoms with E-state index in [4.69, 9.17) is 4.74 Å². The van der Waals surface area contributed by atoms with Crippen LogP contribution in [0.2, 0.25) is 0 Å². The second kappa shape index (κ2) is 12.3. The number of nitrogens with zero attached hydrogens (tertiary/aromatic N) is 3. The molecule has 0 bridgehead atoms. The summed E-state index contributed by atoms with van der Waals surface area (Å²) in [5.41, 5.74) is 1.12. The molecule has 2 heterocycles. The van der Waals surface area contributed by atoms with Crippen molar-refractivity contribution in [3.8, 4) is 5.88 Å². The molecule has 1 aromatic heterocycles. The summed E-state index contributed by atoms with van der Waals surface area (Å²) in [6, 6.07) is 4.65. The minimum atomic E-state index is 0. The molecule has 7 heteroatoms. The first kappa shape index (κ1) is 22.0. The first-order valence-corrected chi connectivity index (χ1v) is 8.94. The highest BCUT2D eigenvalue weighted by Gasteiger charge is 2.19. The molecule has 142 valence electrons. The lowest BCUT2D eigenvalue weighted by molar-refractivity contribution is 0.147. The highest BCUT2D eigenvalue weighted by Crippen LogP contribution is 2.18. The molecule has 6 nitrogen and oxygen atoms in total. The fourth-order valence-electron chi connectivity index (χ4n) is 3.21. The lowest BCUT2D eigenvalue weighted by Crippen LogP contribution is -2.45. The van der Waals surface area contributed by atoms with Crippen molar-refractivity contribution in [2.45, 2.75) is 45.2 Å². The summed E-state index contributed by atoms with van der Waals surface area (Å²) in [7, 11) is 3.43. The molecule has 25 heavy (non-hydrogen) atoms. The number of hydrogen-bond acceptors (Lipinski definition) is 4. The van der Waals surface area contributed by atoms with Crippen LogP contribution in [0.4, 0.5) is 0 Å². The van der Waals surface area contributed by atoms with Gasteiger partial charge in [-0.3, -0.25) is 9.89 Å². The third-order valence-electron chi connectivity index (χ3n) is 4.60. The van der Waals surface area contributed by atoms with Crippen molar-refractivity contribution in [1.29, 1.82) is 0 Å². The number of ether oxygens (including phenoxy) is 1. The zero-order chi connectivity index (χ0) is 17.2. The maximum absolute atomic E-state index is 5.15. The van der Waals surface area contributed by atoms with Crippen LogP contribution in [-0.2, 0) is 6.54 Å². The summed E-state index contributed by atoms with van der Waals surface area (Å²) in [6.07, 6.45) is 7.05. The molecule has 0 spiro atoms. The largest absolute Gasteiger partial charge is 0.481 e. The lowest BCUT2D eigenvalue weighted by Gasteiger charge is -2.35. The molecule has 2 N–H and O–H groups in total. The van der Waals surface area contributed by atoms with Crippen molar-refractivity contribution in [1.82, 2.24) is 20.5 Å². The Kier molecular flexibility index (Phi) is 10.8. The third-order valence-corrected chi connectivity index (χ3v) is 4.60. The topological polar surface area (TPSA) is 61.8 Å². The molecule has 2 rings (SSSR count). The second-order valence-electron chi connectivity index (χ2n) is 6.15. The Labute approximate surface area is 168 Å². The van der Waals surface area contributed by atoms with Crippen LogP contribution in [0.1, 0.15) is 38.2 Å². The number of rotatable bonds is 7. The smallest absolute Gasteiger partial charge is 0.213 e. The highest BCUT2D eigenvalue weighted by molar-refractivity contribution is 14.0. The van der Waals surface area contributed by atoms with E-state index >= 15 is 0 Å². The van der Waals surface area contributed by atoms with Crippen LogP contribution >= 0.6 is 24.0 Å². The number of piperidine rings is 1. The monoisotopic (exact) mass is 461 g/mol. The number of pyridine rings is 1. The molecule has 1 atom stereocenters. The number of halogens is 1. The molecule has 1 unspecified atom stereocenters. The average Bonchev–Trinajstić information content (AvgIpc) is 2.65. The van der Waals surface area contributed by atoms with E-state index < -0.39 is 0 Å². The van der Waals surface area contributed by atoms with E-state index in [0.29, 0.717) is 12.4 Å². The van der Waals surface area contributed by atoms with Crippen molar-refractivity contribution in [3.63, 3.8) is 0 Å². The van der Waals surface area contributed by atoms with Gasteiger partial charge in [0.2, 0.25) is 5.88 Å². The number of likely N-dealkylation sites (tertiary alicyclic amines) is 1. The minimum Gasteiger partial charge on any atom is -0.481 e. The normalized spacial score (nSPS) is 18.4. The van der Waals surface area contributed by atoms with Gasteiger partial charge < -0.3 is 15.4 Å². The second-order valence-corrected chi connectivity index (χ2v) is 6.15. The van der Waals surface area contributed by atoms with E-state index in [1.165, 1.54) is 32.2 Å². The van der Waals surface area contributed by atoms with Gasteiger partial charge in [-0.25, -0.2) is 4.98 Å². The number of guanidine groups is 1. The van der Waals surface area contributed by atoms with E-state index in [2.05, 4.69) is 32.4 Å². The Bertz CT molecular complexity index is 526. The van der Waals surface area contributed by atoms with Gasteiger partial charge in [0.25, 0.3) is 0 Å². The third kappa shape index (κ3) is 7.35. The Morgan fingerprint density at radius 1 is 1.40 bits per heavy atom. The van der Waals surface area contributed by atoms with Crippen LogP contribution in [0.5, 0.6) is 5.88 Å². The van der Waals surface area contributed by atoms with Crippen molar-refractivity contribution in [2.24, 2.45) is 4.99 Å². The number of aromatic nitrogens is 1. The quantitative estimate of drug-likeness (QED) is 0.372. The van der Waals surface area contributed by atoms with Crippen molar-refractivity contribution >= 4 is 29.9 Å². The Morgan fingerprint density at radius 3 is 2.96 bits per heavy atom. The molecule has 0 aromatic carbocycles. The maximum Gasteiger partial charge on any atom is 0.213 e. The summed E-state index contributed by atoms with van der Waals surface area (Å²) in [6.45, 7) is 6.20. The fourth-order valence-corrected chi connectivity index (χ4v) is 3.21. The molecule has 0 aliphatic carbocycles. The number of aliphatic imine (C=N–C) groups is 1. The molecule has 0 saturated carbocycles. The van der Waals surface area contributed by atoms with Crippen molar-refractivity contribution in [3.05, 3.63) is 23.9 Å². The van der Waals surface area contributed by atoms with Gasteiger partial charge in [0.1, 0.15) is 0 Å². The molecule has 0 radical (unpaired) electrons. The highest BCUT2D eigenvalue weighted by atomic mass is 127. The molecule has 1 aliphatic heterocycles. The van der Waals surface area contributed by atoms with Crippen molar-refractivity contribution in [2.75, 3.05) is 33.8 Å². The zero-order valence-electron chi connectivity index (χ0n) is 15.6. The summed E-state index contributed by atoms with van der Waals surface area (Å²) in [4.78, 5) is 11.0. The summed E-state index contributed by atoms with van der Waals surface area (Å²) >= 11 is 0. The van der Waals surface area contributed by atoms with E-state index in [9.17, 15) is 0 Å². The van der Waals surface area contributed by atoms with Crippen LogP contribution in [0.25, 0.3) is 0 Å². The Hall–Kier alpha value is -1.09. The van der Waals surface area contributed by atoms with Gasteiger partial charge >= 0.3 is 0 Å². The summed E-state index contributed by atoms with van der Waals surface area (Å²) < 4.78 is 5.15. The standard InChI is InChI=1S/C18H31N5O.HI/c1-4-16-7-5-6-11-23(16)12-10-21-18(19-2)22-14-15-8-9-20-17(13-15)24-3;/h8-9,13,16H,4-7,10-12,14H2,1-3H3,(H2,19,21,22);1H. The molecular formula is C18H32IN5O. The van der Waals surface area contributed by atoms with Crippen LogP contribution in [0, 0.1) is 0 Å². The van der Waals surface area contributed by atoms with E-state index in [-0.39, 0.29) is 24.0 Å². The van der Waals surface area contributed by atoms with E-state index in [1.807, 2.05) is 12.1 Å². The average molecular weight is 461 g/mol. The molecule has 0 amide bonds. The first-order chi connectivity index (χ1) is 11.8. The molecule has 1 saturated heterocycles. The van der Waals surface area contributed by atoms with Gasteiger partial charge in [0.05, 0.1) is 7.11 Å². The number of methoxy groups -OCH3 is 1. The van der Waals surface area contributed by atoms with E-state index in [0.717, 1.165) is 30.7 Å². The van der Waals surface area contributed by atoms with Gasteiger partial charge in [-0.15, -0.1) is 24.0 Å². The van der Waals surface area contributed by atoms with Crippen LogP contribution < -0.4 is 15.4 Å². The lowest BCUT2D eigenvalue weighted by atomic mass is 10.0. The summed E-state index contributed by atoms with van der Waals surface area (Å²) in [5, 5.41) is 6.75. The van der Waals surface area contributed by atoms with Gasteiger partial charge in [0.15, 0.2) is 5.96 Å². The molecule has 1 aliphatic rings. The molecule has 1 fully saturated rings. The Morgan fingerprint density at radius 2 is 2.24 bits per heavy atom. The van der Waals surface area contributed by atoms with Crippen molar-refractivity contribution < 1.29 is 4.74 Å².